The van der Waals surface area contributed by atoms with Crippen LogP contribution in [0.15, 0.2) is 12.2 Å². The van der Waals surface area contributed by atoms with Gasteiger partial charge in [0.1, 0.15) is 0 Å². The zero-order valence-corrected chi connectivity index (χ0v) is 9.84. The van der Waals surface area contributed by atoms with Gasteiger partial charge in [0.05, 0.1) is 5.41 Å². The third kappa shape index (κ3) is 1.34. The number of allylic oxidation sites excluding steroid dienone is 1. The summed E-state index contributed by atoms with van der Waals surface area (Å²) in [7, 11) is 0. The van der Waals surface area contributed by atoms with Crippen molar-refractivity contribution in [3.05, 3.63) is 12.2 Å². The first-order valence-electron chi connectivity index (χ1n) is 5.75. The summed E-state index contributed by atoms with van der Waals surface area (Å²) >= 11 is 0. The van der Waals surface area contributed by atoms with E-state index < -0.39 is 11.4 Å². The molecule has 0 aromatic rings. The highest BCUT2D eigenvalue weighted by Crippen LogP contribution is 2.59. The van der Waals surface area contributed by atoms with Crippen LogP contribution >= 0.6 is 0 Å². The predicted molar refractivity (Wildman–Crippen MR) is 59.6 cm³/mol. The first-order chi connectivity index (χ1) is 6.81. The average molecular weight is 208 g/mol. The minimum Gasteiger partial charge on any atom is -0.481 e. The van der Waals surface area contributed by atoms with Crippen molar-refractivity contribution in [3.8, 4) is 0 Å². The molecule has 2 bridgehead atoms. The molecule has 2 heteroatoms. The second-order valence-electron chi connectivity index (χ2n) is 6.20. The molecule has 0 aliphatic heterocycles. The van der Waals surface area contributed by atoms with E-state index in [4.69, 9.17) is 0 Å². The van der Waals surface area contributed by atoms with Crippen LogP contribution in [0.5, 0.6) is 0 Å². The SMILES string of the molecule is CC(C)(C)C12C=CC(C(=O)O)(CC1)CC2. The Labute approximate surface area is 91.4 Å². The Bertz CT molecular complexity index is 312. The lowest BCUT2D eigenvalue weighted by atomic mass is 9.50. The van der Waals surface area contributed by atoms with Crippen LogP contribution in [0.1, 0.15) is 46.5 Å². The summed E-state index contributed by atoms with van der Waals surface area (Å²) in [6, 6.07) is 0. The summed E-state index contributed by atoms with van der Waals surface area (Å²) in [5.41, 5.74) is -0.0498. The maximum absolute atomic E-state index is 11.2. The Kier molecular flexibility index (Phi) is 2.05. The number of aliphatic carboxylic acids is 1. The van der Waals surface area contributed by atoms with E-state index >= 15 is 0 Å². The van der Waals surface area contributed by atoms with Crippen molar-refractivity contribution < 1.29 is 9.90 Å². The minimum atomic E-state index is -0.638. The van der Waals surface area contributed by atoms with E-state index in [-0.39, 0.29) is 10.8 Å². The molecule has 3 aliphatic rings. The van der Waals surface area contributed by atoms with Crippen LogP contribution in [0.2, 0.25) is 0 Å². The Morgan fingerprint density at radius 1 is 1.13 bits per heavy atom. The topological polar surface area (TPSA) is 37.3 Å². The molecule has 0 saturated heterocycles. The van der Waals surface area contributed by atoms with E-state index in [2.05, 4.69) is 26.8 Å². The van der Waals surface area contributed by atoms with Crippen molar-refractivity contribution in [1.82, 2.24) is 0 Å². The van der Waals surface area contributed by atoms with E-state index in [1.807, 2.05) is 6.08 Å². The molecular weight excluding hydrogens is 188 g/mol. The van der Waals surface area contributed by atoms with Gasteiger partial charge in [-0.25, -0.2) is 0 Å². The first-order valence-corrected chi connectivity index (χ1v) is 5.75. The summed E-state index contributed by atoms with van der Waals surface area (Å²) in [6.07, 6.45) is 7.84. The quantitative estimate of drug-likeness (QED) is 0.672. The van der Waals surface area contributed by atoms with Crippen LogP contribution in [-0.4, -0.2) is 11.1 Å². The third-order valence-electron chi connectivity index (χ3n) is 4.68. The lowest BCUT2D eigenvalue weighted by Crippen LogP contribution is -2.47. The second kappa shape index (κ2) is 2.87. The monoisotopic (exact) mass is 208 g/mol. The van der Waals surface area contributed by atoms with Crippen molar-refractivity contribution in [2.24, 2.45) is 16.2 Å². The molecule has 3 aliphatic carbocycles. The van der Waals surface area contributed by atoms with Crippen LogP contribution in [0, 0.1) is 16.2 Å². The maximum Gasteiger partial charge on any atom is 0.313 e. The first kappa shape index (κ1) is 10.7. The molecule has 0 radical (unpaired) electrons. The Morgan fingerprint density at radius 3 is 1.93 bits per heavy atom. The third-order valence-corrected chi connectivity index (χ3v) is 4.68. The molecule has 1 saturated carbocycles. The molecule has 3 rings (SSSR count). The van der Waals surface area contributed by atoms with Crippen LogP contribution in [0.25, 0.3) is 0 Å². The number of hydrogen-bond donors (Lipinski definition) is 1. The molecule has 1 fully saturated rings. The van der Waals surface area contributed by atoms with E-state index in [1.54, 1.807) is 0 Å². The summed E-state index contributed by atoms with van der Waals surface area (Å²) < 4.78 is 0. The molecular formula is C13H20O2. The summed E-state index contributed by atoms with van der Waals surface area (Å²) in [4.78, 5) is 11.2. The molecule has 0 amide bonds. The van der Waals surface area contributed by atoms with Crippen LogP contribution in [0.4, 0.5) is 0 Å². The van der Waals surface area contributed by atoms with Crippen molar-refractivity contribution in [2.75, 3.05) is 0 Å². The van der Waals surface area contributed by atoms with Gasteiger partial charge in [0.15, 0.2) is 0 Å². The molecule has 0 heterocycles. The van der Waals surface area contributed by atoms with Crippen LogP contribution < -0.4 is 0 Å². The zero-order valence-electron chi connectivity index (χ0n) is 9.84. The van der Waals surface area contributed by atoms with Crippen molar-refractivity contribution in [1.29, 1.82) is 0 Å². The Balaban J connectivity index is 2.35. The van der Waals surface area contributed by atoms with Crippen LogP contribution in [0.3, 0.4) is 0 Å². The number of rotatable bonds is 1. The molecule has 0 aromatic heterocycles. The molecule has 0 aromatic carbocycles. The van der Waals surface area contributed by atoms with Crippen molar-refractivity contribution >= 4 is 5.97 Å². The van der Waals surface area contributed by atoms with Gasteiger partial charge < -0.3 is 5.11 Å². The van der Waals surface area contributed by atoms with Gasteiger partial charge >= 0.3 is 5.97 Å². The molecule has 0 unspecified atom stereocenters. The zero-order chi connectivity index (χ0) is 11.3. The maximum atomic E-state index is 11.2. The van der Waals surface area contributed by atoms with E-state index in [1.165, 1.54) is 0 Å². The van der Waals surface area contributed by atoms with Gasteiger partial charge in [-0.15, -0.1) is 0 Å². The summed E-state index contributed by atoms with van der Waals surface area (Å²) in [6.45, 7) is 6.78. The van der Waals surface area contributed by atoms with Crippen molar-refractivity contribution in [3.63, 3.8) is 0 Å². The smallest absolute Gasteiger partial charge is 0.313 e. The fourth-order valence-corrected chi connectivity index (χ4v) is 3.08. The largest absolute Gasteiger partial charge is 0.481 e. The molecule has 1 N–H and O–H groups in total. The number of carboxylic acids is 1. The fraction of sp³-hybridized carbons (Fsp3) is 0.769. The number of carbonyl (C=O) groups is 1. The molecule has 0 spiro atoms. The molecule has 15 heavy (non-hydrogen) atoms. The van der Waals surface area contributed by atoms with E-state index in [0.29, 0.717) is 0 Å². The number of hydrogen-bond acceptors (Lipinski definition) is 1. The van der Waals surface area contributed by atoms with Gasteiger partial charge in [-0.3, -0.25) is 4.79 Å². The normalized spacial score (nSPS) is 39.4. The Hall–Kier alpha value is -0.790. The average Bonchev–Trinajstić information content (AvgIpc) is 2.19. The fourth-order valence-electron chi connectivity index (χ4n) is 3.08. The summed E-state index contributed by atoms with van der Waals surface area (Å²) in [5.74, 6) is -0.638. The highest BCUT2D eigenvalue weighted by Gasteiger charge is 2.52. The predicted octanol–water partition coefficient (Wildman–Crippen LogP) is 3.23. The number of fused-ring (bicyclic) bond motifs is 2. The van der Waals surface area contributed by atoms with E-state index in [0.717, 1.165) is 25.7 Å². The van der Waals surface area contributed by atoms with Gasteiger partial charge in [-0.2, -0.15) is 0 Å². The minimum absolute atomic E-state index is 0.240. The highest BCUT2D eigenvalue weighted by molar-refractivity contribution is 5.78. The highest BCUT2D eigenvalue weighted by atomic mass is 16.4. The van der Waals surface area contributed by atoms with Gasteiger partial charge in [0, 0.05) is 0 Å². The van der Waals surface area contributed by atoms with Gasteiger partial charge in [0.2, 0.25) is 0 Å². The Morgan fingerprint density at radius 2 is 1.67 bits per heavy atom. The number of carboxylic acid groups (broad SMARTS) is 1. The van der Waals surface area contributed by atoms with Crippen molar-refractivity contribution in [2.45, 2.75) is 46.5 Å². The van der Waals surface area contributed by atoms with Gasteiger partial charge in [0.25, 0.3) is 0 Å². The lowest BCUT2D eigenvalue weighted by Gasteiger charge is -2.53. The van der Waals surface area contributed by atoms with Gasteiger partial charge in [-0.05, 0) is 36.5 Å². The van der Waals surface area contributed by atoms with Crippen LogP contribution in [-0.2, 0) is 4.79 Å². The summed E-state index contributed by atoms with van der Waals surface area (Å²) in [5, 5.41) is 9.25. The molecule has 0 atom stereocenters. The standard InChI is InChI=1S/C13H20O2/c1-11(2,3)13-7-4-12(5-8-13,6-9-13)10(14)15/h4,7H,5-6,8-9H2,1-3H3,(H,14,15). The van der Waals surface area contributed by atoms with E-state index in [9.17, 15) is 9.90 Å². The second-order valence-corrected chi connectivity index (χ2v) is 6.20. The molecule has 2 nitrogen and oxygen atoms in total. The molecule has 84 valence electrons. The lowest BCUT2D eigenvalue weighted by molar-refractivity contribution is -0.150. The van der Waals surface area contributed by atoms with Gasteiger partial charge in [-0.1, -0.05) is 32.9 Å².